The van der Waals surface area contributed by atoms with Gasteiger partial charge in [-0.15, -0.1) is 0 Å². The van der Waals surface area contributed by atoms with E-state index in [-0.39, 0.29) is 12.0 Å². The number of carboxylic acid groups (broad SMARTS) is 1. The number of ether oxygens (including phenoxy) is 1. The minimum absolute atomic E-state index is 0.0121. The Balaban J connectivity index is 2.12. The lowest BCUT2D eigenvalue weighted by Gasteiger charge is -2.47. The molecule has 1 saturated heterocycles. The van der Waals surface area contributed by atoms with Crippen molar-refractivity contribution in [3.05, 3.63) is 52.1 Å². The van der Waals surface area contributed by atoms with Crippen LogP contribution in [-0.4, -0.2) is 50.0 Å². The maximum Gasteiger partial charge on any atom is 0.337 e. The largest absolute Gasteiger partial charge is 0.479 e. The van der Waals surface area contributed by atoms with Crippen LogP contribution in [0.5, 0.6) is 0 Å². The minimum Gasteiger partial charge on any atom is -0.479 e. The number of hydrogen-bond donors (Lipinski definition) is 2. The van der Waals surface area contributed by atoms with Crippen LogP contribution in [0, 0.1) is 20.8 Å². The van der Waals surface area contributed by atoms with Crippen molar-refractivity contribution in [2.24, 2.45) is 0 Å². The molecule has 2 heterocycles. The van der Waals surface area contributed by atoms with Crippen molar-refractivity contribution in [2.75, 3.05) is 17.1 Å². The van der Waals surface area contributed by atoms with Gasteiger partial charge < -0.3 is 15.2 Å². The maximum absolute atomic E-state index is 13.2. The van der Waals surface area contributed by atoms with E-state index < -0.39 is 27.7 Å². The third kappa shape index (κ3) is 5.29. The molecule has 3 unspecified atom stereocenters. The second-order valence-electron chi connectivity index (χ2n) is 11.8. The van der Waals surface area contributed by atoms with Crippen molar-refractivity contribution < 1.29 is 23.1 Å². The van der Waals surface area contributed by atoms with Crippen molar-refractivity contribution >= 4 is 21.7 Å². The molecule has 0 radical (unpaired) electrons. The Bertz CT molecular complexity index is 1310. The standard InChI is InChI=1S/C29H40N2O5S/c1-16-9-12-20(13-10-16)23-18(3)24-21-14-11-17(2)30-22(21)15-31(37(8,34)35)26(24)19(4)25(23)27(28(32)33)36-29(5,6)7/h9-10,12-13,17,21-22,27,30H,11,14-15H2,1-8H3,(H,32,33)/t17?,21?,22?,27-/m0/s1. The van der Waals surface area contributed by atoms with Gasteiger partial charge in [0.05, 0.1) is 24.1 Å². The van der Waals surface area contributed by atoms with E-state index in [9.17, 15) is 18.3 Å². The molecule has 0 saturated carbocycles. The Morgan fingerprint density at radius 2 is 1.73 bits per heavy atom. The Kier molecular flexibility index (Phi) is 7.25. The highest BCUT2D eigenvalue weighted by Crippen LogP contribution is 2.51. The molecule has 202 valence electrons. The first-order valence-corrected chi connectivity index (χ1v) is 14.8. The zero-order valence-corrected chi connectivity index (χ0v) is 24.0. The van der Waals surface area contributed by atoms with E-state index in [0.29, 0.717) is 29.4 Å². The average Bonchev–Trinajstić information content (AvgIpc) is 2.78. The van der Waals surface area contributed by atoms with Gasteiger partial charge in [-0.2, -0.15) is 0 Å². The number of fused-ring (bicyclic) bond motifs is 3. The van der Waals surface area contributed by atoms with Gasteiger partial charge in [-0.25, -0.2) is 13.2 Å². The summed E-state index contributed by atoms with van der Waals surface area (Å²) in [5.74, 6) is -0.966. The molecule has 0 amide bonds. The molecule has 2 aliphatic heterocycles. The second-order valence-corrected chi connectivity index (χ2v) is 13.7. The van der Waals surface area contributed by atoms with Gasteiger partial charge in [0, 0.05) is 23.6 Å². The van der Waals surface area contributed by atoms with Gasteiger partial charge in [0.1, 0.15) is 0 Å². The predicted octanol–water partition coefficient (Wildman–Crippen LogP) is 5.22. The summed E-state index contributed by atoms with van der Waals surface area (Å²) < 4.78 is 34.0. The third-order valence-electron chi connectivity index (χ3n) is 7.64. The number of piperidine rings is 1. The summed E-state index contributed by atoms with van der Waals surface area (Å²) in [7, 11) is -3.62. The first-order valence-electron chi connectivity index (χ1n) is 13.0. The summed E-state index contributed by atoms with van der Waals surface area (Å²) in [6.07, 6.45) is 1.90. The van der Waals surface area contributed by atoms with E-state index in [0.717, 1.165) is 40.7 Å². The lowest BCUT2D eigenvalue weighted by molar-refractivity contribution is -0.160. The Labute approximate surface area is 221 Å². The number of rotatable bonds is 5. The molecule has 37 heavy (non-hydrogen) atoms. The van der Waals surface area contributed by atoms with Crippen LogP contribution in [0.3, 0.4) is 0 Å². The summed E-state index contributed by atoms with van der Waals surface area (Å²) in [6.45, 7) is 13.8. The lowest BCUT2D eigenvalue weighted by atomic mass is 9.73. The molecule has 1 fully saturated rings. The maximum atomic E-state index is 13.2. The van der Waals surface area contributed by atoms with Crippen LogP contribution in [0.1, 0.15) is 80.4 Å². The zero-order valence-electron chi connectivity index (χ0n) is 23.2. The lowest BCUT2D eigenvalue weighted by Crippen LogP contribution is -2.55. The van der Waals surface area contributed by atoms with Crippen molar-refractivity contribution in [2.45, 2.75) is 91.0 Å². The molecule has 2 N–H and O–H groups in total. The number of nitrogens with one attached hydrogen (secondary N) is 1. The van der Waals surface area contributed by atoms with Crippen LogP contribution in [0.25, 0.3) is 11.1 Å². The molecule has 2 aliphatic rings. The number of anilines is 1. The Morgan fingerprint density at radius 3 is 2.27 bits per heavy atom. The number of aryl methyl sites for hydroxylation is 1. The van der Waals surface area contributed by atoms with Crippen LogP contribution < -0.4 is 9.62 Å². The van der Waals surface area contributed by atoms with Gasteiger partial charge in [-0.1, -0.05) is 29.8 Å². The minimum atomic E-state index is -3.62. The van der Waals surface area contributed by atoms with Crippen molar-refractivity contribution in [1.82, 2.24) is 5.32 Å². The first-order chi connectivity index (χ1) is 17.1. The zero-order chi connectivity index (χ0) is 27.4. The predicted molar refractivity (Wildman–Crippen MR) is 148 cm³/mol. The summed E-state index contributed by atoms with van der Waals surface area (Å²) in [4.78, 5) is 12.7. The Hall–Kier alpha value is -2.42. The molecular weight excluding hydrogens is 488 g/mol. The van der Waals surface area contributed by atoms with E-state index in [1.165, 1.54) is 10.6 Å². The topological polar surface area (TPSA) is 95.9 Å². The van der Waals surface area contributed by atoms with Gasteiger partial charge in [-0.05, 0) is 89.1 Å². The summed E-state index contributed by atoms with van der Waals surface area (Å²) in [5.41, 5.74) is 5.80. The molecular formula is C29H40N2O5S. The molecule has 8 heteroatoms. The number of carbonyl (C=O) groups is 1. The SMILES string of the molecule is Cc1ccc(-c2c(C)c3c(c(C)c2[C@H](OC(C)(C)C)C(=O)O)N(S(C)(=O)=O)CC2NC(C)CCC32)cc1. The van der Waals surface area contributed by atoms with E-state index in [1.807, 2.05) is 65.8 Å². The number of sulfonamides is 1. The van der Waals surface area contributed by atoms with Crippen molar-refractivity contribution in [3.63, 3.8) is 0 Å². The smallest absolute Gasteiger partial charge is 0.337 e. The van der Waals surface area contributed by atoms with Crippen LogP contribution in [0.4, 0.5) is 5.69 Å². The summed E-state index contributed by atoms with van der Waals surface area (Å²) >= 11 is 0. The highest BCUT2D eigenvalue weighted by atomic mass is 32.2. The average molecular weight is 529 g/mol. The molecule has 0 aromatic heterocycles. The van der Waals surface area contributed by atoms with E-state index in [2.05, 4.69) is 12.2 Å². The highest BCUT2D eigenvalue weighted by Gasteiger charge is 2.44. The third-order valence-corrected chi connectivity index (χ3v) is 8.77. The summed E-state index contributed by atoms with van der Waals surface area (Å²) in [6, 6.07) is 8.35. The van der Waals surface area contributed by atoms with E-state index in [1.54, 1.807) is 0 Å². The van der Waals surface area contributed by atoms with Crippen LogP contribution >= 0.6 is 0 Å². The molecule has 2 aromatic rings. The summed E-state index contributed by atoms with van der Waals surface area (Å²) in [5, 5.41) is 14.0. The monoisotopic (exact) mass is 528 g/mol. The second kappa shape index (κ2) is 9.71. The molecule has 0 bridgehead atoms. The number of nitrogens with zero attached hydrogens (tertiary/aromatic N) is 1. The van der Waals surface area contributed by atoms with Gasteiger partial charge in [0.15, 0.2) is 6.10 Å². The molecule has 7 nitrogen and oxygen atoms in total. The fourth-order valence-electron chi connectivity index (χ4n) is 6.11. The number of hydrogen-bond acceptors (Lipinski definition) is 5. The van der Waals surface area contributed by atoms with Crippen LogP contribution in [0.2, 0.25) is 0 Å². The molecule has 0 spiro atoms. The Morgan fingerprint density at radius 1 is 1.11 bits per heavy atom. The molecule has 0 aliphatic carbocycles. The van der Waals surface area contributed by atoms with Gasteiger partial charge >= 0.3 is 5.97 Å². The van der Waals surface area contributed by atoms with Gasteiger partial charge in [0.2, 0.25) is 10.0 Å². The first kappa shape index (κ1) is 27.6. The van der Waals surface area contributed by atoms with Crippen molar-refractivity contribution in [3.8, 4) is 11.1 Å². The number of aliphatic carboxylic acids is 1. The van der Waals surface area contributed by atoms with Crippen LogP contribution in [-0.2, 0) is 19.6 Å². The fraction of sp³-hybridized carbons (Fsp3) is 0.552. The fourth-order valence-corrected chi connectivity index (χ4v) is 7.10. The molecule has 4 atom stereocenters. The van der Waals surface area contributed by atoms with Gasteiger partial charge in [-0.3, -0.25) is 4.31 Å². The quantitative estimate of drug-likeness (QED) is 0.552. The van der Waals surface area contributed by atoms with E-state index >= 15 is 0 Å². The van der Waals surface area contributed by atoms with Crippen LogP contribution in [0.15, 0.2) is 24.3 Å². The van der Waals surface area contributed by atoms with Crippen molar-refractivity contribution in [1.29, 1.82) is 0 Å². The number of carboxylic acids is 1. The normalized spacial score (nSPS) is 22.8. The van der Waals surface area contributed by atoms with E-state index in [4.69, 9.17) is 4.74 Å². The van der Waals surface area contributed by atoms with Gasteiger partial charge in [0.25, 0.3) is 0 Å². The molecule has 4 rings (SSSR count). The number of benzene rings is 2. The molecule has 2 aromatic carbocycles. The highest BCUT2D eigenvalue weighted by molar-refractivity contribution is 7.92.